The Morgan fingerprint density at radius 1 is 1.17 bits per heavy atom. The number of Topliss-reactive ketones (excluding diaryl/α,β-unsaturated/α-hetero) is 1. The average molecular weight is 310 g/mol. The van der Waals surface area contributed by atoms with Crippen molar-refractivity contribution < 1.29 is 14.3 Å². The minimum atomic E-state index is -0.852. The van der Waals surface area contributed by atoms with Gasteiger partial charge in [-0.1, -0.05) is 18.2 Å². The first kappa shape index (κ1) is 15.1. The van der Waals surface area contributed by atoms with Gasteiger partial charge in [-0.2, -0.15) is 0 Å². The van der Waals surface area contributed by atoms with Gasteiger partial charge in [0.2, 0.25) is 5.78 Å². The van der Waals surface area contributed by atoms with E-state index < -0.39 is 12.1 Å². The van der Waals surface area contributed by atoms with Crippen LogP contribution in [0, 0.1) is 6.92 Å². The fourth-order valence-electron chi connectivity index (χ4n) is 2.75. The number of carbonyl (C=O) groups excluding carboxylic acids is 2. The lowest BCUT2D eigenvalue weighted by atomic mass is 10.0. The summed E-state index contributed by atoms with van der Waals surface area (Å²) in [4.78, 5) is 28.1. The summed E-state index contributed by atoms with van der Waals surface area (Å²) in [5.41, 5.74) is 2.67. The van der Waals surface area contributed by atoms with E-state index in [1.807, 2.05) is 31.2 Å². The lowest BCUT2D eigenvalue weighted by Gasteiger charge is -2.13. The first-order valence-corrected chi connectivity index (χ1v) is 7.43. The van der Waals surface area contributed by atoms with Crippen molar-refractivity contribution in [2.45, 2.75) is 20.0 Å². The Hall–Kier alpha value is -2.82. The molecule has 3 aromatic rings. The molecule has 3 rings (SSSR count). The van der Waals surface area contributed by atoms with Gasteiger partial charge in [-0.15, -0.1) is 0 Å². The van der Waals surface area contributed by atoms with Crippen LogP contribution in [0.2, 0.25) is 0 Å². The molecule has 23 heavy (non-hydrogen) atoms. The number of hydrogen-bond acceptors (Lipinski definition) is 3. The van der Waals surface area contributed by atoms with Gasteiger partial charge in [-0.05, 0) is 32.0 Å². The van der Waals surface area contributed by atoms with Crippen LogP contribution in [0.5, 0.6) is 0 Å². The molecule has 0 radical (unpaired) electrons. The van der Waals surface area contributed by atoms with Crippen LogP contribution in [0.1, 0.15) is 33.5 Å². The Morgan fingerprint density at radius 3 is 2.61 bits per heavy atom. The summed E-state index contributed by atoms with van der Waals surface area (Å²) in [6.45, 7) is 3.45. The second kappa shape index (κ2) is 5.76. The number of hydrogen-bond donors (Lipinski definition) is 1. The normalized spacial score (nSPS) is 12.3. The molecule has 1 aromatic carbocycles. The van der Waals surface area contributed by atoms with Crippen LogP contribution in [0.4, 0.5) is 0 Å². The summed E-state index contributed by atoms with van der Waals surface area (Å²) in [5, 5.41) is 0.844. The molecule has 5 heteroatoms. The molecule has 0 aliphatic heterocycles. The maximum absolute atomic E-state index is 12.7. The zero-order valence-electron chi connectivity index (χ0n) is 13.3. The molecular weight excluding hydrogens is 292 g/mol. The number of fused-ring (bicyclic) bond motifs is 1. The largest absolute Gasteiger partial charge is 0.450 e. The standard InChI is InChI=1S/C18H18N2O3/c1-11-16(13-7-4-5-8-14(13)19-11)17(21)12(2)23-18(22)15-9-6-10-20(15)3/h4-10,12,19H,1-3H3/t12-/m0/s1. The molecule has 5 nitrogen and oxygen atoms in total. The summed E-state index contributed by atoms with van der Waals surface area (Å²) in [6, 6.07) is 11.0. The number of benzene rings is 1. The van der Waals surface area contributed by atoms with E-state index in [1.54, 1.807) is 36.9 Å². The van der Waals surface area contributed by atoms with E-state index in [-0.39, 0.29) is 5.78 Å². The zero-order chi connectivity index (χ0) is 16.6. The molecule has 0 spiro atoms. The van der Waals surface area contributed by atoms with Crippen molar-refractivity contribution in [3.8, 4) is 0 Å². The average Bonchev–Trinajstić information content (AvgIpc) is 3.08. The molecule has 118 valence electrons. The van der Waals surface area contributed by atoms with Crippen LogP contribution in [-0.4, -0.2) is 27.4 Å². The number of rotatable bonds is 4. The highest BCUT2D eigenvalue weighted by Gasteiger charge is 2.25. The van der Waals surface area contributed by atoms with Crippen LogP contribution in [0.25, 0.3) is 10.9 Å². The molecular formula is C18H18N2O3. The summed E-state index contributed by atoms with van der Waals surface area (Å²) in [7, 11) is 1.76. The topological polar surface area (TPSA) is 64.1 Å². The van der Waals surface area contributed by atoms with Crippen LogP contribution >= 0.6 is 0 Å². The first-order valence-electron chi connectivity index (χ1n) is 7.43. The molecule has 0 saturated carbocycles. The molecule has 0 bridgehead atoms. The fourth-order valence-corrected chi connectivity index (χ4v) is 2.75. The molecule has 0 saturated heterocycles. The molecule has 1 atom stereocenters. The second-order valence-electron chi connectivity index (χ2n) is 5.59. The van der Waals surface area contributed by atoms with Gasteiger partial charge < -0.3 is 14.3 Å². The van der Waals surface area contributed by atoms with E-state index in [0.717, 1.165) is 16.6 Å². The molecule has 0 unspecified atom stereocenters. The Kier molecular flexibility index (Phi) is 3.78. The van der Waals surface area contributed by atoms with E-state index in [4.69, 9.17) is 4.74 Å². The summed E-state index contributed by atoms with van der Waals surface area (Å²) in [6.07, 6.45) is 0.905. The molecule has 0 aliphatic rings. The van der Waals surface area contributed by atoms with Crippen LogP contribution in [0.15, 0.2) is 42.6 Å². The van der Waals surface area contributed by atoms with Crippen molar-refractivity contribution >= 4 is 22.7 Å². The van der Waals surface area contributed by atoms with Crippen LogP contribution in [-0.2, 0) is 11.8 Å². The lowest BCUT2D eigenvalue weighted by molar-refractivity contribution is 0.0310. The number of esters is 1. The molecule has 0 fully saturated rings. The minimum Gasteiger partial charge on any atom is -0.450 e. The number of nitrogens with zero attached hydrogens (tertiary/aromatic N) is 1. The highest BCUT2D eigenvalue weighted by atomic mass is 16.5. The van der Waals surface area contributed by atoms with Crippen LogP contribution < -0.4 is 0 Å². The SMILES string of the molecule is Cc1[nH]c2ccccc2c1C(=O)[C@H](C)OC(=O)c1cccn1C. The lowest BCUT2D eigenvalue weighted by Crippen LogP contribution is -2.25. The number of aromatic amines is 1. The number of para-hydroxylation sites is 1. The summed E-state index contributed by atoms with van der Waals surface area (Å²) in [5.74, 6) is -0.710. The monoisotopic (exact) mass is 310 g/mol. The summed E-state index contributed by atoms with van der Waals surface area (Å²) >= 11 is 0. The van der Waals surface area contributed by atoms with Crippen molar-refractivity contribution in [1.82, 2.24) is 9.55 Å². The number of aromatic nitrogens is 2. The van der Waals surface area contributed by atoms with E-state index in [0.29, 0.717) is 11.3 Å². The quantitative estimate of drug-likeness (QED) is 0.594. The van der Waals surface area contributed by atoms with Gasteiger partial charge >= 0.3 is 5.97 Å². The van der Waals surface area contributed by atoms with Crippen molar-refractivity contribution in [2.24, 2.45) is 7.05 Å². The van der Waals surface area contributed by atoms with Crippen molar-refractivity contribution in [3.05, 3.63) is 59.5 Å². The summed E-state index contributed by atoms with van der Waals surface area (Å²) < 4.78 is 7.01. The van der Waals surface area contributed by atoms with Crippen molar-refractivity contribution in [2.75, 3.05) is 0 Å². The number of ether oxygens (including phenoxy) is 1. The maximum Gasteiger partial charge on any atom is 0.355 e. The Balaban J connectivity index is 1.86. The van der Waals surface area contributed by atoms with Gasteiger partial charge in [0.15, 0.2) is 6.10 Å². The van der Waals surface area contributed by atoms with Crippen molar-refractivity contribution in [3.63, 3.8) is 0 Å². The number of H-pyrrole nitrogens is 1. The molecule has 0 amide bonds. The maximum atomic E-state index is 12.7. The number of carbonyl (C=O) groups is 2. The zero-order valence-corrected chi connectivity index (χ0v) is 13.3. The second-order valence-corrected chi connectivity index (χ2v) is 5.59. The first-order chi connectivity index (χ1) is 11.0. The number of aryl methyl sites for hydroxylation is 2. The molecule has 2 aromatic heterocycles. The van der Waals surface area contributed by atoms with Crippen LogP contribution in [0.3, 0.4) is 0 Å². The van der Waals surface area contributed by atoms with E-state index in [9.17, 15) is 9.59 Å². The number of ketones is 1. The molecule has 0 aliphatic carbocycles. The Labute approximate surface area is 133 Å². The Morgan fingerprint density at radius 2 is 1.91 bits per heavy atom. The Bertz CT molecular complexity index is 889. The third-order valence-corrected chi connectivity index (χ3v) is 3.95. The van der Waals surface area contributed by atoms with E-state index in [1.165, 1.54) is 0 Å². The fraction of sp³-hybridized carbons (Fsp3) is 0.222. The highest BCUT2D eigenvalue weighted by Crippen LogP contribution is 2.24. The van der Waals surface area contributed by atoms with Gasteiger partial charge in [0.25, 0.3) is 0 Å². The van der Waals surface area contributed by atoms with Gasteiger partial charge in [-0.3, -0.25) is 4.79 Å². The predicted octanol–water partition coefficient (Wildman–Crippen LogP) is 3.24. The molecule has 1 N–H and O–H groups in total. The van der Waals surface area contributed by atoms with Gasteiger partial charge in [-0.25, -0.2) is 4.79 Å². The van der Waals surface area contributed by atoms with E-state index >= 15 is 0 Å². The van der Waals surface area contributed by atoms with Crippen molar-refractivity contribution in [1.29, 1.82) is 0 Å². The van der Waals surface area contributed by atoms with Gasteiger partial charge in [0.1, 0.15) is 5.69 Å². The third-order valence-electron chi connectivity index (χ3n) is 3.95. The van der Waals surface area contributed by atoms with Gasteiger partial charge in [0.05, 0.1) is 0 Å². The highest BCUT2D eigenvalue weighted by molar-refractivity contribution is 6.11. The van der Waals surface area contributed by atoms with E-state index in [2.05, 4.69) is 4.98 Å². The predicted molar refractivity (Wildman–Crippen MR) is 87.7 cm³/mol. The number of nitrogens with one attached hydrogen (secondary N) is 1. The van der Waals surface area contributed by atoms with Gasteiger partial charge in [0, 0.05) is 35.4 Å². The third kappa shape index (κ3) is 2.65. The smallest absolute Gasteiger partial charge is 0.355 e. The molecule has 2 heterocycles. The minimum absolute atomic E-state index is 0.206.